The number of nitrogen functional groups attached to an aromatic ring is 1. The van der Waals surface area contributed by atoms with Crippen molar-refractivity contribution in [1.29, 1.82) is 0 Å². The second-order valence-electron chi connectivity index (χ2n) is 6.22. The number of anilines is 1. The summed E-state index contributed by atoms with van der Waals surface area (Å²) in [6.45, 7) is 10.9. The Balaban J connectivity index is 1.92. The second kappa shape index (κ2) is 6.89. The molecule has 21 heavy (non-hydrogen) atoms. The van der Waals surface area contributed by atoms with Crippen molar-refractivity contribution in [1.82, 2.24) is 14.8 Å². The number of aromatic nitrogens is 1. The van der Waals surface area contributed by atoms with E-state index in [-0.39, 0.29) is 5.91 Å². The molecule has 0 radical (unpaired) electrons. The number of amides is 1. The zero-order valence-electron chi connectivity index (χ0n) is 13.3. The Hall–Kier alpha value is -1.62. The normalized spacial score (nSPS) is 16.5. The van der Waals surface area contributed by atoms with Gasteiger partial charge >= 0.3 is 0 Å². The van der Waals surface area contributed by atoms with Crippen LogP contribution in [0.3, 0.4) is 0 Å². The first-order chi connectivity index (χ1) is 9.97. The van der Waals surface area contributed by atoms with E-state index < -0.39 is 0 Å². The van der Waals surface area contributed by atoms with Gasteiger partial charge in [-0.1, -0.05) is 13.8 Å². The molecular formula is C16H26N4O. The predicted octanol–water partition coefficient (Wildman–Crippen LogP) is 1.78. The Morgan fingerprint density at radius 1 is 1.33 bits per heavy atom. The maximum absolute atomic E-state index is 12.6. The number of pyridine rings is 1. The third-order valence-electron chi connectivity index (χ3n) is 4.02. The van der Waals surface area contributed by atoms with Crippen LogP contribution in [0.1, 0.15) is 36.3 Å². The lowest BCUT2D eigenvalue weighted by Crippen LogP contribution is -2.49. The molecule has 0 bridgehead atoms. The highest BCUT2D eigenvalue weighted by atomic mass is 16.2. The summed E-state index contributed by atoms with van der Waals surface area (Å²) >= 11 is 0. The van der Waals surface area contributed by atoms with Crippen molar-refractivity contribution in [3.05, 3.63) is 23.5 Å². The van der Waals surface area contributed by atoms with Gasteiger partial charge in [0.1, 0.15) is 0 Å². The molecule has 5 nitrogen and oxygen atoms in total. The molecule has 2 heterocycles. The molecule has 1 aliphatic heterocycles. The fourth-order valence-electron chi connectivity index (χ4n) is 2.55. The second-order valence-corrected chi connectivity index (χ2v) is 6.22. The lowest BCUT2D eigenvalue weighted by molar-refractivity contribution is 0.0630. The molecule has 2 N–H and O–H groups in total. The molecule has 0 aliphatic carbocycles. The molecule has 0 saturated carbocycles. The number of hydrogen-bond donors (Lipinski definition) is 1. The van der Waals surface area contributed by atoms with Crippen molar-refractivity contribution in [3.8, 4) is 0 Å². The summed E-state index contributed by atoms with van der Waals surface area (Å²) in [6.07, 6.45) is 2.81. The lowest BCUT2D eigenvalue weighted by atomic mass is 10.1. The van der Waals surface area contributed by atoms with Crippen LogP contribution in [0.2, 0.25) is 0 Å². The molecule has 1 aromatic rings. The molecular weight excluding hydrogens is 264 g/mol. The average molecular weight is 290 g/mol. The quantitative estimate of drug-likeness (QED) is 0.918. The van der Waals surface area contributed by atoms with Crippen LogP contribution in [0.15, 0.2) is 12.3 Å². The third kappa shape index (κ3) is 4.17. The Labute approximate surface area is 127 Å². The fourth-order valence-corrected chi connectivity index (χ4v) is 2.55. The molecule has 0 atom stereocenters. The number of rotatable bonds is 4. The van der Waals surface area contributed by atoms with Gasteiger partial charge in [-0.05, 0) is 31.9 Å². The third-order valence-corrected chi connectivity index (χ3v) is 4.02. The Morgan fingerprint density at radius 3 is 2.62 bits per heavy atom. The summed E-state index contributed by atoms with van der Waals surface area (Å²) in [5.74, 6) is 0.779. The molecule has 1 aliphatic rings. The molecule has 116 valence electrons. The van der Waals surface area contributed by atoms with Gasteiger partial charge in [0, 0.05) is 26.2 Å². The van der Waals surface area contributed by atoms with E-state index in [0.717, 1.165) is 44.3 Å². The van der Waals surface area contributed by atoms with E-state index in [2.05, 4.69) is 23.7 Å². The molecule has 1 amide bonds. The average Bonchev–Trinajstić information content (AvgIpc) is 2.47. The summed E-state index contributed by atoms with van der Waals surface area (Å²) in [7, 11) is 0. The van der Waals surface area contributed by atoms with E-state index in [1.807, 2.05) is 11.8 Å². The number of aryl methyl sites for hydroxylation is 1. The first-order valence-corrected chi connectivity index (χ1v) is 7.71. The van der Waals surface area contributed by atoms with Gasteiger partial charge < -0.3 is 10.6 Å². The number of piperazine rings is 1. The molecule has 0 aromatic carbocycles. The zero-order valence-corrected chi connectivity index (χ0v) is 13.3. The van der Waals surface area contributed by atoms with Crippen molar-refractivity contribution >= 4 is 11.6 Å². The van der Waals surface area contributed by atoms with E-state index in [4.69, 9.17) is 5.73 Å². The fraction of sp³-hybridized carbons (Fsp3) is 0.625. The van der Waals surface area contributed by atoms with Crippen molar-refractivity contribution in [3.63, 3.8) is 0 Å². The number of carbonyl (C=O) groups excluding carboxylic acids is 1. The van der Waals surface area contributed by atoms with Gasteiger partial charge in [-0.15, -0.1) is 0 Å². The molecule has 0 unspecified atom stereocenters. The van der Waals surface area contributed by atoms with Crippen molar-refractivity contribution in [2.24, 2.45) is 5.92 Å². The topological polar surface area (TPSA) is 62.5 Å². The molecule has 2 rings (SSSR count). The zero-order chi connectivity index (χ0) is 15.4. The van der Waals surface area contributed by atoms with Crippen molar-refractivity contribution in [2.45, 2.75) is 27.2 Å². The highest BCUT2D eigenvalue weighted by Crippen LogP contribution is 2.14. The molecule has 1 saturated heterocycles. The first-order valence-electron chi connectivity index (χ1n) is 7.71. The Bertz CT molecular complexity index is 493. The van der Waals surface area contributed by atoms with Crippen LogP contribution in [-0.4, -0.2) is 53.4 Å². The summed E-state index contributed by atoms with van der Waals surface area (Å²) in [4.78, 5) is 21.1. The summed E-state index contributed by atoms with van der Waals surface area (Å²) < 4.78 is 0. The van der Waals surface area contributed by atoms with Crippen LogP contribution in [0.4, 0.5) is 5.69 Å². The van der Waals surface area contributed by atoms with E-state index in [9.17, 15) is 4.79 Å². The summed E-state index contributed by atoms with van der Waals surface area (Å²) in [5, 5.41) is 0. The smallest absolute Gasteiger partial charge is 0.255 e. The summed E-state index contributed by atoms with van der Waals surface area (Å²) in [5.41, 5.74) is 7.66. The van der Waals surface area contributed by atoms with Crippen LogP contribution in [0, 0.1) is 12.8 Å². The highest BCUT2D eigenvalue weighted by molar-refractivity contribution is 5.96. The van der Waals surface area contributed by atoms with E-state index in [1.165, 1.54) is 6.42 Å². The van der Waals surface area contributed by atoms with Crippen molar-refractivity contribution < 1.29 is 4.79 Å². The van der Waals surface area contributed by atoms with E-state index in [1.54, 1.807) is 12.3 Å². The van der Waals surface area contributed by atoms with Crippen molar-refractivity contribution in [2.75, 3.05) is 38.5 Å². The molecule has 0 spiro atoms. The SMILES string of the molecule is Cc1ncc(N)cc1C(=O)N1CCN(CCC(C)C)CC1. The van der Waals surface area contributed by atoms with Crippen LogP contribution in [0.5, 0.6) is 0 Å². The lowest BCUT2D eigenvalue weighted by Gasteiger charge is -2.35. The number of nitrogens with two attached hydrogens (primary N) is 1. The van der Waals surface area contributed by atoms with Crippen LogP contribution >= 0.6 is 0 Å². The highest BCUT2D eigenvalue weighted by Gasteiger charge is 2.23. The van der Waals surface area contributed by atoms with Crippen LogP contribution < -0.4 is 5.73 Å². The van der Waals surface area contributed by atoms with Gasteiger partial charge in [-0.25, -0.2) is 0 Å². The maximum Gasteiger partial charge on any atom is 0.255 e. The van der Waals surface area contributed by atoms with Gasteiger partial charge in [-0.3, -0.25) is 14.7 Å². The largest absolute Gasteiger partial charge is 0.397 e. The van der Waals surface area contributed by atoms with Gasteiger partial charge in [0.15, 0.2) is 0 Å². The molecule has 5 heteroatoms. The van der Waals surface area contributed by atoms with E-state index >= 15 is 0 Å². The molecule has 1 aromatic heterocycles. The number of nitrogens with zero attached hydrogens (tertiary/aromatic N) is 3. The van der Waals surface area contributed by atoms with Crippen LogP contribution in [0.25, 0.3) is 0 Å². The monoisotopic (exact) mass is 290 g/mol. The maximum atomic E-state index is 12.6. The minimum atomic E-state index is 0.0517. The number of carbonyl (C=O) groups is 1. The van der Waals surface area contributed by atoms with Gasteiger partial charge in [0.25, 0.3) is 5.91 Å². The first kappa shape index (κ1) is 15.8. The summed E-state index contributed by atoms with van der Waals surface area (Å²) in [6, 6.07) is 1.73. The standard InChI is InChI=1S/C16H26N4O/c1-12(2)4-5-19-6-8-20(9-7-19)16(21)15-10-14(17)11-18-13(15)3/h10-12H,4-9,17H2,1-3H3. The predicted molar refractivity (Wildman–Crippen MR) is 85.2 cm³/mol. The Kier molecular flexibility index (Phi) is 5.17. The van der Waals surface area contributed by atoms with E-state index in [0.29, 0.717) is 11.3 Å². The van der Waals surface area contributed by atoms with Gasteiger partial charge in [0.05, 0.1) is 23.1 Å². The Morgan fingerprint density at radius 2 is 2.00 bits per heavy atom. The minimum Gasteiger partial charge on any atom is -0.397 e. The van der Waals surface area contributed by atoms with Gasteiger partial charge in [0.2, 0.25) is 0 Å². The van der Waals surface area contributed by atoms with Gasteiger partial charge in [-0.2, -0.15) is 0 Å². The minimum absolute atomic E-state index is 0.0517. The number of hydrogen-bond acceptors (Lipinski definition) is 4. The van der Waals surface area contributed by atoms with Crippen LogP contribution in [-0.2, 0) is 0 Å². The molecule has 1 fully saturated rings.